The highest BCUT2D eigenvalue weighted by Crippen LogP contribution is 2.30. The molecule has 2 rings (SSSR count). The Hall–Kier alpha value is -4.13. The largest absolute Gasteiger partial charge is 0.394 e. The van der Waals surface area contributed by atoms with Crippen molar-refractivity contribution in [1.29, 1.82) is 0 Å². The molecule has 12 atom stereocenters. The Labute approximate surface area is 500 Å². The molecule has 0 radical (unpaired) electrons. The maximum Gasteiger partial charge on any atom is 0.220 e. The van der Waals surface area contributed by atoms with Crippen molar-refractivity contribution < 1.29 is 64.6 Å². The fourth-order valence-corrected chi connectivity index (χ4v) is 9.20. The molecule has 2 aliphatic rings. The van der Waals surface area contributed by atoms with E-state index in [1.165, 1.54) is 64.2 Å². The first-order valence-corrected chi connectivity index (χ1v) is 31.6. The molecule has 0 aromatic carbocycles. The van der Waals surface area contributed by atoms with E-state index in [1.54, 1.807) is 6.08 Å². The van der Waals surface area contributed by atoms with E-state index in [-0.39, 0.29) is 18.9 Å². The molecule has 14 nitrogen and oxygen atoms in total. The molecule has 0 aliphatic carbocycles. The number of unbranched alkanes of at least 4 members (excludes halogenated alkanes) is 13. The van der Waals surface area contributed by atoms with Crippen molar-refractivity contribution in [2.45, 2.75) is 261 Å². The molecular formula is C69H111NO13. The molecule has 0 saturated carbocycles. The number of aliphatic hydroxyl groups is 8. The Kier molecular flexibility index (Phi) is 47.2. The number of hydrogen-bond donors (Lipinski definition) is 9. The Bertz CT molecular complexity index is 1950. The van der Waals surface area contributed by atoms with Crippen LogP contribution >= 0.6 is 0 Å². The van der Waals surface area contributed by atoms with E-state index in [0.717, 1.165) is 83.5 Å². The topological polar surface area (TPSA) is 228 Å². The normalized spacial score (nSPS) is 24.8. The van der Waals surface area contributed by atoms with Crippen LogP contribution in [0.2, 0.25) is 0 Å². The van der Waals surface area contributed by atoms with E-state index in [1.807, 2.05) is 12.2 Å². The average molecular weight is 1160 g/mol. The smallest absolute Gasteiger partial charge is 0.220 e. The van der Waals surface area contributed by atoms with Crippen molar-refractivity contribution in [3.05, 3.63) is 146 Å². The highest BCUT2D eigenvalue weighted by atomic mass is 16.7. The van der Waals surface area contributed by atoms with Crippen molar-refractivity contribution in [3.8, 4) is 0 Å². The van der Waals surface area contributed by atoms with Gasteiger partial charge in [0.1, 0.15) is 48.8 Å². The number of carbonyl (C=O) groups excluding carboxylic acids is 1. The second-order valence-electron chi connectivity index (χ2n) is 21.4. The summed E-state index contributed by atoms with van der Waals surface area (Å²) in [7, 11) is 0. The molecule has 2 aliphatic heterocycles. The Balaban J connectivity index is 1.80. The molecule has 9 N–H and O–H groups in total. The second kappa shape index (κ2) is 52.2. The summed E-state index contributed by atoms with van der Waals surface area (Å²) in [6, 6.07) is -0.981. The number of nitrogens with one attached hydrogen (secondary N) is 1. The Morgan fingerprint density at radius 2 is 0.843 bits per heavy atom. The number of hydrogen-bond acceptors (Lipinski definition) is 13. The molecule has 0 spiro atoms. The first kappa shape index (κ1) is 75.0. The van der Waals surface area contributed by atoms with Gasteiger partial charge in [0.25, 0.3) is 0 Å². The lowest BCUT2D eigenvalue weighted by Gasteiger charge is -2.46. The van der Waals surface area contributed by atoms with E-state index in [2.05, 4.69) is 147 Å². The zero-order valence-corrected chi connectivity index (χ0v) is 50.6. The number of ether oxygens (including phenoxy) is 4. The molecule has 0 aromatic heterocycles. The Morgan fingerprint density at radius 3 is 1.33 bits per heavy atom. The van der Waals surface area contributed by atoms with Crippen molar-refractivity contribution in [2.75, 3.05) is 19.8 Å². The lowest BCUT2D eigenvalue weighted by atomic mass is 9.97. The molecule has 2 saturated heterocycles. The third kappa shape index (κ3) is 37.1. The Morgan fingerprint density at radius 1 is 0.446 bits per heavy atom. The summed E-state index contributed by atoms with van der Waals surface area (Å²) in [5.74, 6) is -0.318. The minimum Gasteiger partial charge on any atom is -0.394 e. The van der Waals surface area contributed by atoms with E-state index < -0.39 is 86.8 Å². The van der Waals surface area contributed by atoms with Crippen LogP contribution in [0.1, 0.15) is 187 Å². The van der Waals surface area contributed by atoms with Crippen molar-refractivity contribution in [3.63, 3.8) is 0 Å². The quantitative estimate of drug-likeness (QED) is 0.0204. The van der Waals surface area contributed by atoms with Crippen LogP contribution in [0.5, 0.6) is 0 Å². The van der Waals surface area contributed by atoms with Gasteiger partial charge in [-0.1, -0.05) is 217 Å². The van der Waals surface area contributed by atoms with Gasteiger partial charge in [-0.05, 0) is 109 Å². The van der Waals surface area contributed by atoms with Gasteiger partial charge in [-0.15, -0.1) is 0 Å². The number of rotatable bonds is 48. The van der Waals surface area contributed by atoms with E-state index in [0.29, 0.717) is 19.3 Å². The fraction of sp³-hybridized carbons (Fsp3) is 0.638. The van der Waals surface area contributed by atoms with Crippen LogP contribution in [0.25, 0.3) is 0 Å². The van der Waals surface area contributed by atoms with Crippen LogP contribution in [0.15, 0.2) is 146 Å². The van der Waals surface area contributed by atoms with Crippen LogP contribution in [0, 0.1) is 0 Å². The molecule has 2 heterocycles. The van der Waals surface area contributed by atoms with Crippen LogP contribution < -0.4 is 5.32 Å². The maximum absolute atomic E-state index is 13.3. The van der Waals surface area contributed by atoms with E-state index >= 15 is 0 Å². The van der Waals surface area contributed by atoms with Gasteiger partial charge < -0.3 is 65.1 Å². The van der Waals surface area contributed by atoms with Crippen LogP contribution in [-0.2, 0) is 23.7 Å². The van der Waals surface area contributed by atoms with E-state index in [9.17, 15) is 45.6 Å². The summed E-state index contributed by atoms with van der Waals surface area (Å²) in [4.78, 5) is 13.3. The molecule has 83 heavy (non-hydrogen) atoms. The summed E-state index contributed by atoms with van der Waals surface area (Å²) < 4.78 is 22.7. The van der Waals surface area contributed by atoms with Gasteiger partial charge in [-0.3, -0.25) is 4.79 Å². The molecular weight excluding hydrogens is 1050 g/mol. The van der Waals surface area contributed by atoms with E-state index in [4.69, 9.17) is 18.9 Å². The summed E-state index contributed by atoms with van der Waals surface area (Å²) >= 11 is 0. The molecule has 0 bridgehead atoms. The summed E-state index contributed by atoms with van der Waals surface area (Å²) in [5, 5.41) is 87.1. The minimum atomic E-state index is -1.81. The summed E-state index contributed by atoms with van der Waals surface area (Å²) in [6.07, 6.45) is 61.7. The molecule has 14 heteroatoms. The average Bonchev–Trinajstić information content (AvgIpc) is 3.65. The highest BCUT2D eigenvalue weighted by molar-refractivity contribution is 5.76. The monoisotopic (exact) mass is 1160 g/mol. The second-order valence-corrected chi connectivity index (χ2v) is 21.4. The van der Waals surface area contributed by atoms with Gasteiger partial charge in [0.2, 0.25) is 5.91 Å². The van der Waals surface area contributed by atoms with Gasteiger partial charge in [0, 0.05) is 6.42 Å². The molecule has 2 fully saturated rings. The van der Waals surface area contributed by atoms with Crippen molar-refractivity contribution in [1.82, 2.24) is 5.32 Å². The number of allylic oxidation sites excluding steroid dienone is 23. The number of carbonyl (C=O) groups is 1. The molecule has 12 unspecified atom stereocenters. The number of amides is 1. The predicted molar refractivity (Wildman–Crippen MR) is 336 cm³/mol. The maximum atomic E-state index is 13.3. The lowest BCUT2D eigenvalue weighted by Crippen LogP contribution is -2.65. The van der Waals surface area contributed by atoms with Gasteiger partial charge >= 0.3 is 0 Å². The van der Waals surface area contributed by atoms with Crippen LogP contribution in [-0.4, -0.2) is 140 Å². The third-order valence-electron chi connectivity index (χ3n) is 14.2. The third-order valence-corrected chi connectivity index (χ3v) is 14.2. The summed E-state index contributed by atoms with van der Waals surface area (Å²) in [5.41, 5.74) is 0. The number of aliphatic hydroxyl groups excluding tert-OH is 8. The zero-order chi connectivity index (χ0) is 60.2. The zero-order valence-electron chi connectivity index (χ0n) is 50.6. The van der Waals surface area contributed by atoms with Gasteiger partial charge in [0.05, 0.1) is 32.0 Å². The molecule has 470 valence electrons. The predicted octanol–water partition coefficient (Wildman–Crippen LogP) is 11.7. The minimum absolute atomic E-state index is 0.179. The van der Waals surface area contributed by atoms with Crippen LogP contribution in [0.4, 0.5) is 0 Å². The highest BCUT2D eigenvalue weighted by Gasteiger charge is 2.51. The first-order valence-electron chi connectivity index (χ1n) is 31.6. The fourth-order valence-electron chi connectivity index (χ4n) is 9.20. The molecule has 0 aromatic rings. The molecule has 1 amide bonds. The van der Waals surface area contributed by atoms with Gasteiger partial charge in [-0.25, -0.2) is 0 Å². The lowest BCUT2D eigenvalue weighted by molar-refractivity contribution is -0.359. The van der Waals surface area contributed by atoms with Gasteiger partial charge in [-0.2, -0.15) is 0 Å². The standard InChI is InChI=1S/C69H111NO13/c1-3-5-7-9-11-13-15-17-19-21-23-25-26-27-28-29-30-31-32-33-35-37-39-41-43-45-47-49-51-53-61(74)70-57(58(73)52-50-48-46-44-42-40-38-36-34-24-22-20-18-16-14-12-10-8-6-4-2)56-80-68-66(79)64(77)67(60(55-72)82-68)83-69-65(78)63(76)62(75)59(54-71)81-69/h5,7,11,13,17,19,23,25,27-28,30-31,33-36,39,41-42,44-45,47,50,52,57-60,62-69,71-73,75-79H,3-4,6,8-10,12,14-16,18,20-22,24,26,29,32,37-38,40,43,46,48-49,51,53-56H2,1-2H3,(H,70,74)/b7-5-,13-11-,19-17-,25-23-,28-27-,31-30-,35-33-,36-34+,41-39-,44-42+,47-45-,52-50+. The van der Waals surface area contributed by atoms with Crippen molar-refractivity contribution in [2.24, 2.45) is 0 Å². The van der Waals surface area contributed by atoms with Crippen molar-refractivity contribution >= 4 is 5.91 Å². The van der Waals surface area contributed by atoms with Gasteiger partial charge in [0.15, 0.2) is 12.6 Å². The van der Waals surface area contributed by atoms with Crippen LogP contribution in [0.3, 0.4) is 0 Å². The first-order chi connectivity index (χ1) is 40.6. The summed E-state index contributed by atoms with van der Waals surface area (Å²) in [6.45, 7) is 2.60. The SMILES string of the molecule is CC/C=C\C/C=C\C/C=C\C/C=C\C/C=C\C/C=C\C/C=C\C/C=C\C/C=C\CCCC(=O)NC(COC1OC(CO)C(OC2OC(CO)C(O)C(O)C2O)C(O)C1O)C(O)/C=C/CC/C=C/CC/C=C/CCCCCCCCCCCC.